The van der Waals surface area contributed by atoms with Crippen molar-refractivity contribution >= 4 is 41.1 Å². The third-order valence-corrected chi connectivity index (χ3v) is 4.44. The third-order valence-electron chi connectivity index (χ3n) is 4.17. The Bertz CT molecular complexity index is 700. The molecule has 0 aromatic carbocycles. The van der Waals surface area contributed by atoms with Gasteiger partial charge in [0.15, 0.2) is 28.4 Å². The number of hydrogen-bond acceptors (Lipinski definition) is 7. The van der Waals surface area contributed by atoms with Crippen LogP contribution in [0, 0.1) is 5.41 Å². The summed E-state index contributed by atoms with van der Waals surface area (Å²) < 4.78 is 0. The summed E-state index contributed by atoms with van der Waals surface area (Å²) in [5.41, 5.74) is 16.5. The molecular formula is C17H28ClN7O3. The Morgan fingerprint density at radius 2 is 1.50 bits per heavy atom. The number of carboxylic acids is 1. The number of nitrogens with zero attached hydrogens (tertiary/aromatic N) is 3. The van der Waals surface area contributed by atoms with Crippen molar-refractivity contribution in [2.45, 2.75) is 57.8 Å². The number of halogens is 1. The molecule has 1 rings (SSSR count). The van der Waals surface area contributed by atoms with Gasteiger partial charge in [0.1, 0.15) is 0 Å². The minimum Gasteiger partial charge on any atom is -0.481 e. The third kappa shape index (κ3) is 7.95. The zero-order chi connectivity index (χ0) is 21.1. The van der Waals surface area contributed by atoms with Crippen molar-refractivity contribution in [3.8, 4) is 0 Å². The number of nitrogen functional groups attached to an aromatic ring is 2. The molecule has 0 aliphatic heterocycles. The van der Waals surface area contributed by atoms with Crippen LogP contribution < -0.4 is 17.2 Å². The highest BCUT2D eigenvalue weighted by atomic mass is 35.5. The standard InChI is InChI=1S/C17H28ClN7O3/c18-13-15(20)24-14(19)12(23-13)16(28)25(17(21)22)10-8-6-4-2-1-3-5-7-9-11(26)27/h1-10H2,(H3,21,22)(H,26,27)(H4,19,20,24). The molecule has 0 atom stereocenters. The van der Waals surface area contributed by atoms with E-state index in [0.29, 0.717) is 12.8 Å². The van der Waals surface area contributed by atoms with Crippen molar-refractivity contribution in [2.75, 3.05) is 18.0 Å². The highest BCUT2D eigenvalue weighted by Crippen LogP contribution is 2.19. The molecule has 1 amide bonds. The monoisotopic (exact) mass is 413 g/mol. The number of aliphatic carboxylic acids is 1. The maximum Gasteiger partial charge on any atom is 0.303 e. The predicted molar refractivity (Wildman–Crippen MR) is 108 cm³/mol. The number of guanidine groups is 1. The molecule has 0 aliphatic carbocycles. The van der Waals surface area contributed by atoms with Crippen molar-refractivity contribution in [3.05, 3.63) is 10.8 Å². The molecule has 0 aliphatic rings. The largest absolute Gasteiger partial charge is 0.481 e. The summed E-state index contributed by atoms with van der Waals surface area (Å²) in [6.07, 6.45) is 7.48. The minimum absolute atomic E-state index is 0.0759. The van der Waals surface area contributed by atoms with Crippen LogP contribution in [0.25, 0.3) is 0 Å². The van der Waals surface area contributed by atoms with Crippen LogP contribution in [-0.2, 0) is 4.79 Å². The van der Waals surface area contributed by atoms with Gasteiger partial charge in [-0.15, -0.1) is 0 Å². The Kier molecular flexibility index (Phi) is 10.0. The number of hydrogen-bond donors (Lipinski definition) is 5. The molecule has 1 aromatic rings. The quantitative estimate of drug-likeness (QED) is 0.196. The molecule has 1 heterocycles. The van der Waals surface area contributed by atoms with Crippen LogP contribution in [0.5, 0.6) is 0 Å². The lowest BCUT2D eigenvalue weighted by Crippen LogP contribution is -2.42. The summed E-state index contributed by atoms with van der Waals surface area (Å²) in [4.78, 5) is 31.7. The first-order chi connectivity index (χ1) is 13.2. The van der Waals surface area contributed by atoms with Crippen LogP contribution in [0.2, 0.25) is 5.15 Å². The number of anilines is 2. The van der Waals surface area contributed by atoms with Gasteiger partial charge in [-0.2, -0.15) is 0 Å². The van der Waals surface area contributed by atoms with E-state index in [1.165, 1.54) is 0 Å². The molecule has 0 spiro atoms. The fourth-order valence-electron chi connectivity index (χ4n) is 2.66. The summed E-state index contributed by atoms with van der Waals surface area (Å²) in [5.74, 6) is -2.04. The van der Waals surface area contributed by atoms with Gasteiger partial charge in [0.25, 0.3) is 5.91 Å². The van der Waals surface area contributed by atoms with Gasteiger partial charge >= 0.3 is 5.97 Å². The van der Waals surface area contributed by atoms with Gasteiger partial charge in [-0.05, 0) is 12.8 Å². The Morgan fingerprint density at radius 1 is 0.964 bits per heavy atom. The van der Waals surface area contributed by atoms with Crippen molar-refractivity contribution in [3.63, 3.8) is 0 Å². The molecule has 8 N–H and O–H groups in total. The number of carbonyl (C=O) groups is 2. The fraction of sp³-hybridized carbons (Fsp3) is 0.588. The van der Waals surface area contributed by atoms with Crippen LogP contribution in [0.15, 0.2) is 0 Å². The predicted octanol–water partition coefficient (Wildman–Crippen LogP) is 2.23. The van der Waals surface area contributed by atoms with Crippen LogP contribution in [-0.4, -0.2) is 44.4 Å². The minimum atomic E-state index is -0.751. The van der Waals surface area contributed by atoms with E-state index in [-0.39, 0.29) is 35.4 Å². The first-order valence-electron chi connectivity index (χ1n) is 9.20. The average molecular weight is 414 g/mol. The molecule has 156 valence electrons. The lowest BCUT2D eigenvalue weighted by molar-refractivity contribution is -0.137. The summed E-state index contributed by atoms with van der Waals surface area (Å²) in [6, 6.07) is 0. The first kappa shape index (κ1) is 23.4. The summed E-state index contributed by atoms with van der Waals surface area (Å²) >= 11 is 5.80. The summed E-state index contributed by atoms with van der Waals surface area (Å²) in [5, 5.41) is 16.1. The number of aromatic nitrogens is 2. The molecule has 0 saturated heterocycles. The highest BCUT2D eigenvalue weighted by molar-refractivity contribution is 6.31. The van der Waals surface area contributed by atoms with Crippen LogP contribution in [0.1, 0.15) is 68.3 Å². The van der Waals surface area contributed by atoms with Gasteiger partial charge in [0.2, 0.25) is 0 Å². The van der Waals surface area contributed by atoms with Crippen LogP contribution in [0.3, 0.4) is 0 Å². The van der Waals surface area contributed by atoms with E-state index < -0.39 is 17.8 Å². The Labute approximate surface area is 169 Å². The van der Waals surface area contributed by atoms with Gasteiger partial charge in [-0.3, -0.25) is 19.9 Å². The van der Waals surface area contributed by atoms with Gasteiger partial charge in [0.05, 0.1) is 0 Å². The molecule has 11 heteroatoms. The molecule has 0 unspecified atom stereocenters. The fourth-order valence-corrected chi connectivity index (χ4v) is 2.79. The second kappa shape index (κ2) is 12.0. The molecule has 0 fully saturated rings. The molecule has 10 nitrogen and oxygen atoms in total. The van der Waals surface area contributed by atoms with Gasteiger partial charge < -0.3 is 22.3 Å². The molecule has 0 bridgehead atoms. The number of nitrogens with two attached hydrogens (primary N) is 3. The first-order valence-corrected chi connectivity index (χ1v) is 9.58. The van der Waals surface area contributed by atoms with E-state index in [1.54, 1.807) is 0 Å². The normalized spacial score (nSPS) is 10.6. The highest BCUT2D eigenvalue weighted by Gasteiger charge is 2.23. The number of carboxylic acid groups (broad SMARTS) is 1. The maximum absolute atomic E-state index is 12.6. The molecule has 0 radical (unpaired) electrons. The second-order valence-corrected chi connectivity index (χ2v) is 6.81. The van der Waals surface area contributed by atoms with E-state index >= 15 is 0 Å². The van der Waals surface area contributed by atoms with E-state index in [9.17, 15) is 9.59 Å². The molecule has 1 aromatic heterocycles. The zero-order valence-corrected chi connectivity index (χ0v) is 16.5. The Hall–Kier alpha value is -2.62. The summed E-state index contributed by atoms with van der Waals surface area (Å²) in [6.45, 7) is 0.260. The molecule has 0 saturated carbocycles. The topological polar surface area (TPSA) is 185 Å². The van der Waals surface area contributed by atoms with Crippen molar-refractivity contribution in [1.82, 2.24) is 14.9 Å². The van der Waals surface area contributed by atoms with Crippen molar-refractivity contribution in [1.29, 1.82) is 5.41 Å². The number of rotatable bonds is 12. The second-order valence-electron chi connectivity index (χ2n) is 6.45. The molecular weight excluding hydrogens is 386 g/mol. The molecule has 28 heavy (non-hydrogen) atoms. The maximum atomic E-state index is 12.6. The van der Waals surface area contributed by atoms with Gasteiger partial charge in [-0.1, -0.05) is 50.1 Å². The SMILES string of the molecule is N=C(N)N(CCCCCCCCCCC(=O)O)C(=O)c1nc(Cl)c(N)nc1N. The van der Waals surface area contributed by atoms with E-state index in [4.69, 9.17) is 39.3 Å². The Morgan fingerprint density at radius 3 is 2.04 bits per heavy atom. The number of nitrogens with one attached hydrogen (secondary N) is 1. The lowest BCUT2D eigenvalue weighted by atomic mass is 10.1. The number of amides is 1. The van der Waals surface area contributed by atoms with Gasteiger partial charge in [-0.25, -0.2) is 9.97 Å². The number of carbonyl (C=O) groups excluding carboxylic acids is 1. The number of unbranched alkanes of at least 4 members (excludes halogenated alkanes) is 7. The van der Waals surface area contributed by atoms with E-state index in [2.05, 4.69) is 9.97 Å². The van der Waals surface area contributed by atoms with Crippen LogP contribution >= 0.6 is 11.6 Å². The van der Waals surface area contributed by atoms with Crippen molar-refractivity contribution in [2.24, 2.45) is 5.73 Å². The van der Waals surface area contributed by atoms with E-state index in [1.807, 2.05) is 0 Å². The lowest BCUT2D eigenvalue weighted by Gasteiger charge is -2.20. The average Bonchev–Trinajstić information content (AvgIpc) is 2.61. The van der Waals surface area contributed by atoms with Crippen LogP contribution in [0.4, 0.5) is 11.6 Å². The summed E-state index contributed by atoms with van der Waals surface area (Å²) in [7, 11) is 0. The smallest absolute Gasteiger partial charge is 0.303 e. The van der Waals surface area contributed by atoms with Crippen molar-refractivity contribution < 1.29 is 14.7 Å². The van der Waals surface area contributed by atoms with Gasteiger partial charge in [0, 0.05) is 13.0 Å². The van der Waals surface area contributed by atoms with E-state index in [0.717, 1.165) is 43.4 Å². The Balaban J connectivity index is 2.38. The zero-order valence-electron chi connectivity index (χ0n) is 15.8.